The molecule has 0 amide bonds. The molecular formula is C20H26F3N5O. The summed E-state index contributed by atoms with van der Waals surface area (Å²) < 4.78 is 44.7. The maximum absolute atomic E-state index is 13.3. The van der Waals surface area contributed by atoms with E-state index in [0.29, 0.717) is 24.2 Å². The van der Waals surface area contributed by atoms with E-state index in [1.54, 1.807) is 6.07 Å². The van der Waals surface area contributed by atoms with Gasteiger partial charge in [-0.25, -0.2) is 4.98 Å². The first kappa shape index (κ1) is 21.2. The number of nitrogens with one attached hydrogen (secondary N) is 2. The van der Waals surface area contributed by atoms with Crippen LogP contribution in [0.25, 0.3) is 0 Å². The summed E-state index contributed by atoms with van der Waals surface area (Å²) in [6.07, 6.45) is -1.44. The van der Waals surface area contributed by atoms with Crippen molar-refractivity contribution in [3.05, 3.63) is 35.5 Å². The van der Waals surface area contributed by atoms with E-state index in [1.807, 2.05) is 14.1 Å². The third-order valence-corrected chi connectivity index (χ3v) is 4.58. The van der Waals surface area contributed by atoms with Crippen molar-refractivity contribution in [2.45, 2.75) is 31.4 Å². The molecule has 0 bridgehead atoms. The van der Waals surface area contributed by atoms with Crippen LogP contribution in [0.15, 0.2) is 24.3 Å². The molecule has 2 N–H and O–H groups in total. The highest BCUT2D eigenvalue weighted by molar-refractivity contribution is 5.61. The average molecular weight is 409 g/mol. The number of rotatable bonds is 9. The van der Waals surface area contributed by atoms with Gasteiger partial charge in [0.1, 0.15) is 11.6 Å². The van der Waals surface area contributed by atoms with Crippen molar-refractivity contribution in [2.24, 2.45) is 0 Å². The number of nitrogens with zero attached hydrogens (tertiary/aromatic N) is 3. The first-order chi connectivity index (χ1) is 13.8. The van der Waals surface area contributed by atoms with Crippen molar-refractivity contribution < 1.29 is 17.9 Å². The Morgan fingerprint density at radius 1 is 1.17 bits per heavy atom. The normalized spacial score (nSPS) is 14.2. The first-order valence-corrected chi connectivity index (χ1v) is 9.56. The number of ether oxygens (including phenoxy) is 1. The zero-order valence-electron chi connectivity index (χ0n) is 16.8. The second-order valence-corrected chi connectivity index (χ2v) is 7.40. The number of hydrogen-bond acceptors (Lipinski definition) is 6. The zero-order valence-corrected chi connectivity index (χ0v) is 16.8. The van der Waals surface area contributed by atoms with Crippen molar-refractivity contribution >= 4 is 17.5 Å². The fraction of sp³-hybridized carbons (Fsp3) is 0.500. The number of aromatic nitrogens is 2. The molecule has 2 aromatic rings. The molecule has 158 valence electrons. The summed E-state index contributed by atoms with van der Waals surface area (Å²) in [5.41, 5.74) is 0.364. The van der Waals surface area contributed by atoms with Crippen LogP contribution in [0.5, 0.6) is 5.75 Å². The second kappa shape index (κ2) is 8.86. The molecule has 1 fully saturated rings. The van der Waals surface area contributed by atoms with Gasteiger partial charge in [-0.1, -0.05) is 0 Å². The predicted octanol–water partition coefficient (Wildman–Crippen LogP) is 4.49. The number of halogens is 3. The quantitative estimate of drug-likeness (QED) is 0.595. The van der Waals surface area contributed by atoms with Crippen LogP contribution >= 0.6 is 0 Å². The Bertz CT molecular complexity index is 837. The number of alkyl halides is 3. The molecule has 1 aliphatic carbocycles. The Morgan fingerprint density at radius 2 is 1.93 bits per heavy atom. The molecule has 1 saturated carbocycles. The summed E-state index contributed by atoms with van der Waals surface area (Å²) >= 11 is 0. The van der Waals surface area contributed by atoms with E-state index in [-0.39, 0.29) is 11.4 Å². The molecule has 0 saturated heterocycles. The Kier molecular flexibility index (Phi) is 6.46. The fourth-order valence-corrected chi connectivity index (χ4v) is 2.95. The van der Waals surface area contributed by atoms with Gasteiger partial charge in [0.2, 0.25) is 5.95 Å². The van der Waals surface area contributed by atoms with Gasteiger partial charge in [-0.2, -0.15) is 18.2 Å². The third kappa shape index (κ3) is 5.96. The molecule has 1 heterocycles. The topological polar surface area (TPSA) is 62.3 Å². The minimum atomic E-state index is -4.51. The molecule has 0 unspecified atom stereocenters. The van der Waals surface area contributed by atoms with Crippen molar-refractivity contribution in [1.82, 2.24) is 14.9 Å². The van der Waals surface area contributed by atoms with Gasteiger partial charge >= 0.3 is 6.18 Å². The summed E-state index contributed by atoms with van der Waals surface area (Å²) in [5.74, 6) is 1.13. The summed E-state index contributed by atoms with van der Waals surface area (Å²) in [7, 11) is 5.24. The lowest BCUT2D eigenvalue weighted by atomic mass is 10.1. The van der Waals surface area contributed by atoms with Gasteiger partial charge in [-0.3, -0.25) is 0 Å². The van der Waals surface area contributed by atoms with E-state index in [2.05, 4.69) is 25.5 Å². The maximum atomic E-state index is 13.3. The van der Waals surface area contributed by atoms with Gasteiger partial charge in [-0.05, 0) is 58.1 Å². The maximum Gasteiger partial charge on any atom is 0.420 e. The number of hydrogen-bond donors (Lipinski definition) is 2. The lowest BCUT2D eigenvalue weighted by Crippen LogP contribution is -2.17. The lowest BCUT2D eigenvalue weighted by Gasteiger charge is -2.15. The molecular weight excluding hydrogens is 383 g/mol. The molecule has 3 rings (SSSR count). The number of methoxy groups -OCH3 is 1. The molecule has 0 spiro atoms. The van der Waals surface area contributed by atoms with Gasteiger partial charge in [0, 0.05) is 24.2 Å². The zero-order chi connectivity index (χ0) is 21.0. The first-order valence-electron chi connectivity index (χ1n) is 9.56. The summed E-state index contributed by atoms with van der Waals surface area (Å²) in [4.78, 5) is 11.1. The molecule has 0 atom stereocenters. The van der Waals surface area contributed by atoms with E-state index in [9.17, 15) is 13.2 Å². The van der Waals surface area contributed by atoms with Crippen LogP contribution in [0.3, 0.4) is 0 Å². The number of benzene rings is 1. The highest BCUT2D eigenvalue weighted by Gasteiger charge is 2.34. The summed E-state index contributed by atoms with van der Waals surface area (Å²) in [6.45, 7) is 1.65. The molecule has 29 heavy (non-hydrogen) atoms. The van der Waals surface area contributed by atoms with Gasteiger partial charge in [0.05, 0.1) is 18.4 Å². The van der Waals surface area contributed by atoms with Crippen LogP contribution in [0, 0.1) is 0 Å². The number of anilines is 3. The Labute approximate surface area is 168 Å². The molecule has 1 aromatic heterocycles. The van der Waals surface area contributed by atoms with Crippen molar-refractivity contribution in [2.75, 3.05) is 44.9 Å². The van der Waals surface area contributed by atoms with Crippen molar-refractivity contribution in [3.8, 4) is 5.75 Å². The second-order valence-electron chi connectivity index (χ2n) is 7.40. The predicted molar refractivity (Wildman–Crippen MR) is 107 cm³/mol. The largest absolute Gasteiger partial charge is 0.496 e. The van der Waals surface area contributed by atoms with Crippen LogP contribution in [-0.2, 0) is 6.18 Å². The van der Waals surface area contributed by atoms with Crippen LogP contribution in [0.4, 0.5) is 30.6 Å². The van der Waals surface area contributed by atoms with Crippen LogP contribution in [0.2, 0.25) is 0 Å². The van der Waals surface area contributed by atoms with E-state index in [4.69, 9.17) is 4.74 Å². The molecule has 0 aliphatic heterocycles. The van der Waals surface area contributed by atoms with Gasteiger partial charge < -0.3 is 20.3 Å². The summed E-state index contributed by atoms with van der Waals surface area (Å²) in [6, 6.07) is 5.67. The molecule has 1 aliphatic rings. The molecule has 1 aromatic carbocycles. The fourth-order valence-electron chi connectivity index (χ4n) is 2.95. The van der Waals surface area contributed by atoms with E-state index < -0.39 is 11.7 Å². The summed E-state index contributed by atoms with van der Waals surface area (Å²) in [5, 5.41) is 6.20. The third-order valence-electron chi connectivity index (χ3n) is 4.58. The Hall–Kier alpha value is -2.55. The van der Waals surface area contributed by atoms with E-state index >= 15 is 0 Å². The smallest absolute Gasteiger partial charge is 0.420 e. The van der Waals surface area contributed by atoms with E-state index in [1.165, 1.54) is 19.2 Å². The molecule has 9 heteroatoms. The van der Waals surface area contributed by atoms with Crippen LogP contribution in [0.1, 0.15) is 36.4 Å². The molecule has 6 nitrogen and oxygen atoms in total. The van der Waals surface area contributed by atoms with Crippen LogP contribution in [-0.4, -0.2) is 49.2 Å². The van der Waals surface area contributed by atoms with E-state index in [0.717, 1.165) is 37.6 Å². The molecule has 0 radical (unpaired) electrons. The average Bonchev–Trinajstić information content (AvgIpc) is 3.49. The minimum Gasteiger partial charge on any atom is -0.496 e. The van der Waals surface area contributed by atoms with Crippen molar-refractivity contribution in [1.29, 1.82) is 0 Å². The Balaban J connectivity index is 1.79. The van der Waals surface area contributed by atoms with Gasteiger partial charge in [-0.15, -0.1) is 0 Å². The SMILES string of the molecule is COc1ccc(Nc2cc(C3CC3)nc(NCCCN(C)C)n2)cc1C(F)(F)F. The minimum absolute atomic E-state index is 0.215. The highest BCUT2D eigenvalue weighted by Crippen LogP contribution is 2.41. The monoisotopic (exact) mass is 409 g/mol. The Morgan fingerprint density at radius 3 is 2.55 bits per heavy atom. The lowest BCUT2D eigenvalue weighted by molar-refractivity contribution is -0.138. The van der Waals surface area contributed by atoms with Gasteiger partial charge in [0.15, 0.2) is 0 Å². The van der Waals surface area contributed by atoms with Gasteiger partial charge in [0.25, 0.3) is 0 Å². The standard InChI is InChI=1S/C20H26F3N5O/c1-28(2)10-4-9-24-19-26-16(13-5-6-13)12-18(27-19)25-14-7-8-17(29-3)15(11-14)20(21,22)23/h7-8,11-13H,4-6,9-10H2,1-3H3,(H2,24,25,26,27). The van der Waals surface area contributed by atoms with Crippen LogP contribution < -0.4 is 15.4 Å². The highest BCUT2D eigenvalue weighted by atomic mass is 19.4. The van der Waals surface area contributed by atoms with Crippen molar-refractivity contribution in [3.63, 3.8) is 0 Å².